The van der Waals surface area contributed by atoms with Crippen LogP contribution in [0, 0.1) is 5.92 Å². The highest BCUT2D eigenvalue weighted by atomic mass is 16.6. The zero-order chi connectivity index (χ0) is 19.3. The molecular formula is C23H23NO4. The SMILES string of the molecule is CC[C@H]1CN(C(=O)OCC2c3ccccc3-c3ccccc32)[C@H]2C(=O)CO[C@H]12. The lowest BCUT2D eigenvalue weighted by Crippen LogP contribution is -2.42. The fourth-order valence-electron chi connectivity index (χ4n) is 4.98. The first-order valence-corrected chi connectivity index (χ1v) is 9.95. The first-order valence-electron chi connectivity index (χ1n) is 9.95. The molecule has 1 amide bonds. The summed E-state index contributed by atoms with van der Waals surface area (Å²) in [6.45, 7) is 2.95. The van der Waals surface area contributed by atoms with Crippen LogP contribution in [0.15, 0.2) is 48.5 Å². The minimum absolute atomic E-state index is 0.0190. The number of nitrogens with zero attached hydrogens (tertiary/aromatic N) is 1. The Balaban J connectivity index is 1.35. The number of benzene rings is 2. The molecular weight excluding hydrogens is 354 g/mol. The van der Waals surface area contributed by atoms with Crippen molar-refractivity contribution in [2.75, 3.05) is 19.8 Å². The quantitative estimate of drug-likeness (QED) is 0.820. The van der Waals surface area contributed by atoms with E-state index in [9.17, 15) is 9.59 Å². The lowest BCUT2D eigenvalue weighted by atomic mass is 9.98. The van der Waals surface area contributed by atoms with Gasteiger partial charge in [0.25, 0.3) is 0 Å². The van der Waals surface area contributed by atoms with Gasteiger partial charge in [0, 0.05) is 18.4 Å². The fourth-order valence-corrected chi connectivity index (χ4v) is 4.98. The van der Waals surface area contributed by atoms with Gasteiger partial charge in [-0.3, -0.25) is 9.69 Å². The molecule has 2 aromatic rings. The van der Waals surface area contributed by atoms with E-state index in [0.29, 0.717) is 6.54 Å². The third-order valence-corrected chi connectivity index (χ3v) is 6.39. The van der Waals surface area contributed by atoms with Gasteiger partial charge in [-0.15, -0.1) is 0 Å². The summed E-state index contributed by atoms with van der Waals surface area (Å²) in [4.78, 5) is 26.7. The van der Waals surface area contributed by atoms with Gasteiger partial charge in [-0.2, -0.15) is 0 Å². The maximum Gasteiger partial charge on any atom is 0.410 e. The zero-order valence-corrected chi connectivity index (χ0v) is 15.8. The second kappa shape index (κ2) is 6.74. The molecule has 3 atom stereocenters. The van der Waals surface area contributed by atoms with Crippen LogP contribution in [0.3, 0.4) is 0 Å². The van der Waals surface area contributed by atoms with E-state index >= 15 is 0 Å². The molecule has 28 heavy (non-hydrogen) atoms. The average molecular weight is 377 g/mol. The van der Waals surface area contributed by atoms with Crippen molar-refractivity contribution in [1.29, 1.82) is 0 Å². The molecule has 1 aliphatic carbocycles. The van der Waals surface area contributed by atoms with E-state index in [4.69, 9.17) is 9.47 Å². The van der Waals surface area contributed by atoms with E-state index in [1.807, 2.05) is 24.3 Å². The lowest BCUT2D eigenvalue weighted by molar-refractivity contribution is -0.121. The van der Waals surface area contributed by atoms with Crippen LogP contribution in [0.5, 0.6) is 0 Å². The Morgan fingerprint density at radius 2 is 1.75 bits per heavy atom. The summed E-state index contributed by atoms with van der Waals surface area (Å²) in [5.41, 5.74) is 4.77. The van der Waals surface area contributed by atoms with Gasteiger partial charge in [0.15, 0.2) is 5.78 Å². The van der Waals surface area contributed by atoms with Crippen LogP contribution in [0.1, 0.15) is 30.4 Å². The number of likely N-dealkylation sites (tertiary alicyclic amines) is 1. The number of hydrogen-bond donors (Lipinski definition) is 0. The molecule has 2 heterocycles. The van der Waals surface area contributed by atoms with Crippen molar-refractivity contribution < 1.29 is 19.1 Å². The lowest BCUT2D eigenvalue weighted by Gasteiger charge is -2.22. The van der Waals surface area contributed by atoms with Crippen LogP contribution in [-0.2, 0) is 14.3 Å². The minimum atomic E-state index is -0.486. The van der Waals surface area contributed by atoms with E-state index in [1.54, 1.807) is 4.90 Å². The van der Waals surface area contributed by atoms with Gasteiger partial charge in [0.05, 0.1) is 6.10 Å². The number of ether oxygens (including phenoxy) is 2. The highest BCUT2D eigenvalue weighted by molar-refractivity contribution is 5.91. The second-order valence-electron chi connectivity index (χ2n) is 7.81. The standard InChI is InChI=1S/C23H23NO4/c1-2-14-11-24(21-20(25)13-27-22(14)21)23(26)28-12-19-17-9-5-3-7-15(17)16-8-4-6-10-18(16)19/h3-10,14,19,21-22H,2,11-13H2,1H3/t14-,21-,22+/m0/s1. The maximum absolute atomic E-state index is 12.9. The Kier molecular flexibility index (Phi) is 4.20. The van der Waals surface area contributed by atoms with Crippen LogP contribution in [0.2, 0.25) is 0 Å². The minimum Gasteiger partial charge on any atom is -0.448 e. The van der Waals surface area contributed by atoms with Gasteiger partial charge in [-0.25, -0.2) is 4.79 Å². The van der Waals surface area contributed by atoms with Crippen molar-refractivity contribution >= 4 is 11.9 Å². The fraction of sp³-hybridized carbons (Fsp3) is 0.391. The molecule has 2 aromatic carbocycles. The molecule has 144 valence electrons. The number of amides is 1. The number of ketones is 1. The Morgan fingerprint density at radius 1 is 1.11 bits per heavy atom. The van der Waals surface area contributed by atoms with Gasteiger partial charge in [0.1, 0.15) is 19.3 Å². The summed E-state index contributed by atoms with van der Waals surface area (Å²) in [5, 5.41) is 0. The van der Waals surface area contributed by atoms with Crippen molar-refractivity contribution in [3.8, 4) is 11.1 Å². The Bertz CT molecular complexity index is 894. The molecule has 0 N–H and O–H groups in total. The smallest absolute Gasteiger partial charge is 0.410 e. The van der Waals surface area contributed by atoms with Crippen LogP contribution in [0.4, 0.5) is 4.79 Å². The maximum atomic E-state index is 12.9. The number of rotatable bonds is 3. The van der Waals surface area contributed by atoms with E-state index in [-0.39, 0.29) is 36.9 Å². The largest absolute Gasteiger partial charge is 0.448 e. The third-order valence-electron chi connectivity index (χ3n) is 6.39. The second-order valence-corrected chi connectivity index (χ2v) is 7.81. The molecule has 0 spiro atoms. The predicted molar refractivity (Wildman–Crippen MR) is 104 cm³/mol. The molecule has 0 saturated carbocycles. The molecule has 0 unspecified atom stereocenters. The van der Waals surface area contributed by atoms with Crippen molar-refractivity contribution in [3.63, 3.8) is 0 Å². The molecule has 5 rings (SSSR count). The monoisotopic (exact) mass is 377 g/mol. The molecule has 2 fully saturated rings. The van der Waals surface area contributed by atoms with E-state index < -0.39 is 12.1 Å². The summed E-state index contributed by atoms with van der Waals surface area (Å²) in [5.74, 6) is 0.193. The van der Waals surface area contributed by atoms with Crippen LogP contribution in [-0.4, -0.2) is 48.7 Å². The summed E-state index contributed by atoms with van der Waals surface area (Å²) in [6.07, 6.45) is 0.284. The Hall–Kier alpha value is -2.66. The van der Waals surface area contributed by atoms with Crippen LogP contribution < -0.4 is 0 Å². The van der Waals surface area contributed by atoms with Crippen molar-refractivity contribution in [3.05, 3.63) is 59.7 Å². The van der Waals surface area contributed by atoms with Crippen molar-refractivity contribution in [1.82, 2.24) is 4.90 Å². The zero-order valence-electron chi connectivity index (χ0n) is 15.8. The summed E-state index contributed by atoms with van der Waals surface area (Å²) < 4.78 is 11.4. The molecule has 5 heteroatoms. The van der Waals surface area contributed by atoms with Gasteiger partial charge in [-0.05, 0) is 28.7 Å². The Morgan fingerprint density at radius 3 is 2.39 bits per heavy atom. The van der Waals surface area contributed by atoms with Gasteiger partial charge in [0.2, 0.25) is 0 Å². The molecule has 0 radical (unpaired) electrons. The average Bonchev–Trinajstić information content (AvgIpc) is 3.38. The molecule has 3 aliphatic rings. The summed E-state index contributed by atoms with van der Waals surface area (Å²) >= 11 is 0. The van der Waals surface area contributed by atoms with Gasteiger partial charge < -0.3 is 9.47 Å². The molecule has 0 aromatic heterocycles. The highest BCUT2D eigenvalue weighted by Gasteiger charge is 2.52. The molecule has 2 saturated heterocycles. The van der Waals surface area contributed by atoms with Crippen molar-refractivity contribution in [2.24, 2.45) is 5.92 Å². The Labute approximate surface area is 164 Å². The summed E-state index contributed by atoms with van der Waals surface area (Å²) in [7, 11) is 0. The normalized spacial score (nSPS) is 25.5. The first kappa shape index (κ1) is 17.4. The first-order chi connectivity index (χ1) is 13.7. The van der Waals surface area contributed by atoms with Crippen LogP contribution in [0.25, 0.3) is 11.1 Å². The third kappa shape index (κ3) is 2.57. The molecule has 5 nitrogen and oxygen atoms in total. The van der Waals surface area contributed by atoms with E-state index in [0.717, 1.165) is 6.42 Å². The van der Waals surface area contributed by atoms with Gasteiger partial charge in [-0.1, -0.05) is 55.5 Å². The summed E-state index contributed by atoms with van der Waals surface area (Å²) in [6, 6.07) is 16.0. The molecule has 2 aliphatic heterocycles. The number of fused-ring (bicyclic) bond motifs is 4. The number of Topliss-reactive ketones (excluding diaryl/α,β-unsaturated/α-hetero) is 1. The van der Waals surface area contributed by atoms with Gasteiger partial charge >= 0.3 is 6.09 Å². The van der Waals surface area contributed by atoms with E-state index in [1.165, 1.54) is 22.3 Å². The van der Waals surface area contributed by atoms with Crippen LogP contribution >= 0.6 is 0 Å². The van der Waals surface area contributed by atoms with E-state index in [2.05, 4.69) is 31.2 Å². The predicted octanol–water partition coefficient (Wildman–Crippen LogP) is 3.61. The number of hydrogen-bond acceptors (Lipinski definition) is 4. The number of carbonyl (C=O) groups excluding carboxylic acids is 2. The topological polar surface area (TPSA) is 55.8 Å². The molecule has 0 bridgehead atoms. The number of carbonyl (C=O) groups is 2. The highest BCUT2D eigenvalue weighted by Crippen LogP contribution is 2.44. The van der Waals surface area contributed by atoms with Crippen molar-refractivity contribution in [2.45, 2.75) is 31.4 Å².